The fourth-order valence-electron chi connectivity index (χ4n) is 2.59. The molecule has 0 bridgehead atoms. The monoisotopic (exact) mass is 357 g/mol. The van der Waals surface area contributed by atoms with E-state index >= 15 is 0 Å². The molecule has 0 unspecified atom stereocenters. The number of nitrogens with one attached hydrogen (secondary N) is 3. The summed E-state index contributed by atoms with van der Waals surface area (Å²) in [6.45, 7) is 4.86. The van der Waals surface area contributed by atoms with Gasteiger partial charge in [-0.05, 0) is 25.0 Å². The van der Waals surface area contributed by atoms with Crippen LogP contribution >= 0.6 is 0 Å². The van der Waals surface area contributed by atoms with Gasteiger partial charge in [0.15, 0.2) is 11.7 Å². The van der Waals surface area contributed by atoms with E-state index in [1.54, 1.807) is 7.05 Å². The van der Waals surface area contributed by atoms with Crippen LogP contribution in [0, 0.1) is 0 Å². The Morgan fingerprint density at radius 2 is 1.92 bits per heavy atom. The Kier molecular flexibility index (Phi) is 7.67. The van der Waals surface area contributed by atoms with Crippen molar-refractivity contribution < 1.29 is 9.32 Å². The van der Waals surface area contributed by atoms with Crippen LogP contribution < -0.4 is 16.0 Å². The first-order valence-electron chi connectivity index (χ1n) is 8.91. The summed E-state index contributed by atoms with van der Waals surface area (Å²) in [6.07, 6.45) is 2.07. The number of rotatable bonds is 8. The van der Waals surface area contributed by atoms with Crippen LogP contribution in [0.1, 0.15) is 44.1 Å². The van der Waals surface area contributed by atoms with Gasteiger partial charge in [-0.1, -0.05) is 37.2 Å². The molecular formula is C19H27N5O2. The number of anilines is 1. The van der Waals surface area contributed by atoms with E-state index in [4.69, 9.17) is 4.52 Å². The van der Waals surface area contributed by atoms with Crippen molar-refractivity contribution in [3.8, 4) is 0 Å². The molecule has 0 saturated heterocycles. The van der Waals surface area contributed by atoms with Crippen LogP contribution in [0.25, 0.3) is 0 Å². The highest BCUT2D eigenvalue weighted by Crippen LogP contribution is 2.22. The van der Waals surface area contributed by atoms with Gasteiger partial charge in [0.2, 0.25) is 5.91 Å². The van der Waals surface area contributed by atoms with E-state index in [0.717, 1.165) is 30.0 Å². The number of carbonyl (C=O) groups excluding carboxylic acids is 1. The molecule has 0 aliphatic carbocycles. The Bertz CT molecular complexity index is 708. The Morgan fingerprint density at radius 3 is 2.58 bits per heavy atom. The van der Waals surface area contributed by atoms with Crippen LogP contribution in [0.15, 0.2) is 45.9 Å². The SMILES string of the molecule is CCC(CC)c1cc(CNC(=NC)NCC(=O)Nc2ccccc2)on1. The highest BCUT2D eigenvalue weighted by Gasteiger charge is 2.13. The number of aromatic nitrogens is 1. The molecule has 0 atom stereocenters. The molecule has 0 radical (unpaired) electrons. The van der Waals surface area contributed by atoms with Crippen LogP contribution in [-0.4, -0.2) is 30.6 Å². The first kappa shape index (κ1) is 19.5. The second-order valence-corrected chi connectivity index (χ2v) is 5.93. The molecule has 7 nitrogen and oxygen atoms in total. The predicted octanol–water partition coefficient (Wildman–Crippen LogP) is 2.88. The first-order chi connectivity index (χ1) is 12.7. The minimum absolute atomic E-state index is 0.115. The smallest absolute Gasteiger partial charge is 0.243 e. The van der Waals surface area contributed by atoms with Crippen molar-refractivity contribution in [1.82, 2.24) is 15.8 Å². The second kappa shape index (κ2) is 10.2. The molecule has 2 aromatic rings. The molecular weight excluding hydrogens is 330 g/mol. The molecule has 0 aliphatic rings. The van der Waals surface area contributed by atoms with Crippen molar-refractivity contribution in [3.63, 3.8) is 0 Å². The Labute approximate surface area is 154 Å². The lowest BCUT2D eigenvalue weighted by atomic mass is 9.99. The lowest BCUT2D eigenvalue weighted by molar-refractivity contribution is -0.115. The zero-order chi connectivity index (χ0) is 18.8. The molecule has 1 aromatic heterocycles. The summed E-state index contributed by atoms with van der Waals surface area (Å²) in [5.41, 5.74) is 1.75. The molecule has 2 rings (SSSR count). The third kappa shape index (κ3) is 5.91. The van der Waals surface area contributed by atoms with Gasteiger partial charge in [0.1, 0.15) is 0 Å². The molecule has 3 N–H and O–H groups in total. The molecule has 1 amide bonds. The fourth-order valence-corrected chi connectivity index (χ4v) is 2.59. The molecule has 1 aromatic carbocycles. The van der Waals surface area contributed by atoms with Gasteiger partial charge in [0.05, 0.1) is 18.8 Å². The van der Waals surface area contributed by atoms with Gasteiger partial charge >= 0.3 is 0 Å². The van der Waals surface area contributed by atoms with Crippen molar-refractivity contribution in [2.45, 2.75) is 39.2 Å². The minimum atomic E-state index is -0.144. The number of nitrogens with zero attached hydrogens (tertiary/aromatic N) is 2. The Morgan fingerprint density at radius 1 is 1.19 bits per heavy atom. The fraction of sp³-hybridized carbons (Fsp3) is 0.421. The van der Waals surface area contributed by atoms with Gasteiger partial charge in [0.25, 0.3) is 0 Å². The number of hydrogen-bond donors (Lipinski definition) is 3. The zero-order valence-corrected chi connectivity index (χ0v) is 15.6. The van der Waals surface area contributed by atoms with Gasteiger partial charge < -0.3 is 20.5 Å². The van der Waals surface area contributed by atoms with Crippen LogP contribution in [-0.2, 0) is 11.3 Å². The number of benzene rings is 1. The second-order valence-electron chi connectivity index (χ2n) is 5.93. The third-order valence-electron chi connectivity index (χ3n) is 4.11. The number of para-hydroxylation sites is 1. The summed E-state index contributed by atoms with van der Waals surface area (Å²) in [5.74, 6) is 1.54. The van der Waals surface area contributed by atoms with Gasteiger partial charge in [0, 0.05) is 24.7 Å². The average Bonchev–Trinajstić information content (AvgIpc) is 3.12. The van der Waals surface area contributed by atoms with Crippen LogP contribution in [0.4, 0.5) is 5.69 Å². The van der Waals surface area contributed by atoms with Crippen molar-refractivity contribution >= 4 is 17.6 Å². The van der Waals surface area contributed by atoms with Crippen molar-refractivity contribution in [2.75, 3.05) is 18.9 Å². The molecule has 0 spiro atoms. The number of guanidine groups is 1. The van der Waals surface area contributed by atoms with Gasteiger partial charge in [-0.2, -0.15) is 0 Å². The molecule has 26 heavy (non-hydrogen) atoms. The summed E-state index contributed by atoms with van der Waals surface area (Å²) < 4.78 is 5.37. The van der Waals surface area contributed by atoms with E-state index < -0.39 is 0 Å². The van der Waals surface area contributed by atoms with E-state index in [1.807, 2.05) is 36.4 Å². The summed E-state index contributed by atoms with van der Waals surface area (Å²) in [6, 6.07) is 11.3. The lowest BCUT2D eigenvalue weighted by Crippen LogP contribution is -2.41. The van der Waals surface area contributed by atoms with Crippen LogP contribution in [0.5, 0.6) is 0 Å². The topological polar surface area (TPSA) is 91.5 Å². The highest BCUT2D eigenvalue weighted by molar-refractivity contribution is 5.94. The van der Waals surface area contributed by atoms with Crippen molar-refractivity contribution in [2.24, 2.45) is 4.99 Å². The zero-order valence-electron chi connectivity index (χ0n) is 15.6. The Hall–Kier alpha value is -2.83. The maximum Gasteiger partial charge on any atom is 0.243 e. The van der Waals surface area contributed by atoms with E-state index in [0.29, 0.717) is 18.4 Å². The summed E-state index contributed by atoms with van der Waals surface area (Å²) in [7, 11) is 1.65. The maximum atomic E-state index is 12.0. The van der Waals surface area contributed by atoms with E-state index in [-0.39, 0.29) is 12.5 Å². The van der Waals surface area contributed by atoms with Crippen molar-refractivity contribution in [1.29, 1.82) is 0 Å². The number of amides is 1. The highest BCUT2D eigenvalue weighted by atomic mass is 16.5. The average molecular weight is 357 g/mol. The summed E-state index contributed by atoms with van der Waals surface area (Å²) in [4.78, 5) is 16.1. The largest absolute Gasteiger partial charge is 0.359 e. The number of carbonyl (C=O) groups is 1. The van der Waals surface area contributed by atoms with E-state index in [2.05, 4.69) is 39.9 Å². The molecule has 140 valence electrons. The summed E-state index contributed by atoms with van der Waals surface area (Å²) in [5, 5.41) is 13.0. The normalized spacial score (nSPS) is 11.5. The molecule has 0 aliphatic heterocycles. The van der Waals surface area contributed by atoms with Crippen molar-refractivity contribution in [3.05, 3.63) is 47.9 Å². The quantitative estimate of drug-likeness (QED) is 0.499. The van der Waals surface area contributed by atoms with Crippen LogP contribution in [0.2, 0.25) is 0 Å². The standard InChI is InChI=1S/C19H27N5O2/c1-4-14(5-2)17-11-16(26-24-17)12-21-19(20-3)22-13-18(25)23-15-9-7-6-8-10-15/h6-11,14H,4-5,12-13H2,1-3H3,(H,23,25)(H2,20,21,22). The maximum absolute atomic E-state index is 12.0. The number of aliphatic imine (C=N–C) groups is 1. The van der Waals surface area contributed by atoms with Gasteiger partial charge in [-0.3, -0.25) is 9.79 Å². The van der Waals surface area contributed by atoms with Gasteiger partial charge in [-0.25, -0.2) is 0 Å². The molecule has 0 fully saturated rings. The van der Waals surface area contributed by atoms with Gasteiger partial charge in [-0.15, -0.1) is 0 Å². The lowest BCUT2D eigenvalue weighted by Gasteiger charge is -2.11. The van der Waals surface area contributed by atoms with E-state index in [9.17, 15) is 4.79 Å². The molecule has 7 heteroatoms. The van der Waals surface area contributed by atoms with Crippen LogP contribution in [0.3, 0.4) is 0 Å². The van der Waals surface area contributed by atoms with E-state index in [1.165, 1.54) is 0 Å². The Balaban J connectivity index is 1.78. The summed E-state index contributed by atoms with van der Waals surface area (Å²) >= 11 is 0. The molecule has 1 heterocycles. The minimum Gasteiger partial charge on any atom is -0.359 e. The first-order valence-corrected chi connectivity index (χ1v) is 8.91. The predicted molar refractivity (Wildman–Crippen MR) is 103 cm³/mol. The third-order valence-corrected chi connectivity index (χ3v) is 4.11. The molecule has 0 saturated carbocycles. The number of hydrogen-bond acceptors (Lipinski definition) is 4.